The van der Waals surface area contributed by atoms with Crippen molar-refractivity contribution >= 4 is 11.9 Å². The van der Waals surface area contributed by atoms with Crippen molar-refractivity contribution in [1.29, 1.82) is 0 Å². The molecule has 2 heterocycles. The Morgan fingerprint density at radius 2 is 1.48 bits per heavy atom. The molecule has 0 aromatic heterocycles. The van der Waals surface area contributed by atoms with E-state index in [1.165, 1.54) is 0 Å². The van der Waals surface area contributed by atoms with Crippen LogP contribution in [0.5, 0.6) is 0 Å². The number of hydrogen-bond acceptors (Lipinski definition) is 6. The lowest BCUT2D eigenvalue weighted by Crippen LogP contribution is -2.53. The molecule has 0 radical (unpaired) electrons. The minimum Gasteiger partial charge on any atom is -0.481 e. The molecule has 0 saturated carbocycles. The van der Waals surface area contributed by atoms with E-state index in [1.807, 2.05) is 13.8 Å². The largest absolute Gasteiger partial charge is 0.481 e. The molecule has 8 nitrogen and oxygen atoms in total. The molecule has 156 valence electrons. The summed E-state index contributed by atoms with van der Waals surface area (Å²) in [4.78, 5) is 23.3. The summed E-state index contributed by atoms with van der Waals surface area (Å²) < 4.78 is 22.4. The van der Waals surface area contributed by atoms with Crippen molar-refractivity contribution in [3.05, 3.63) is 0 Å². The Bertz CT molecular complexity index is 462. The predicted molar refractivity (Wildman–Crippen MR) is 95.7 cm³/mol. The van der Waals surface area contributed by atoms with Gasteiger partial charge in [-0.1, -0.05) is 20.3 Å². The van der Waals surface area contributed by atoms with E-state index in [1.54, 1.807) is 0 Å². The lowest BCUT2D eigenvalue weighted by Gasteiger charge is -2.42. The highest BCUT2D eigenvalue weighted by molar-refractivity contribution is 5.76. The van der Waals surface area contributed by atoms with Gasteiger partial charge in [-0.15, -0.1) is 0 Å². The van der Waals surface area contributed by atoms with Gasteiger partial charge in [-0.2, -0.15) is 0 Å². The lowest BCUT2D eigenvalue weighted by molar-refractivity contribution is -0.184. The second-order valence-electron chi connectivity index (χ2n) is 7.32. The van der Waals surface area contributed by atoms with Crippen molar-refractivity contribution in [2.24, 2.45) is 5.41 Å². The van der Waals surface area contributed by atoms with Gasteiger partial charge in [0.2, 0.25) is 0 Å². The van der Waals surface area contributed by atoms with Crippen LogP contribution in [0, 0.1) is 5.41 Å². The average molecular weight is 388 g/mol. The number of rotatable bonds is 16. The number of hydrogen-bond donors (Lipinski definition) is 2. The van der Waals surface area contributed by atoms with Crippen LogP contribution in [0.15, 0.2) is 0 Å². The molecule has 0 aliphatic carbocycles. The molecule has 2 rings (SSSR count). The van der Waals surface area contributed by atoms with Crippen LogP contribution in [0.3, 0.4) is 0 Å². The van der Waals surface area contributed by atoms with Gasteiger partial charge < -0.3 is 29.2 Å². The molecule has 2 aliphatic rings. The van der Waals surface area contributed by atoms with Crippen LogP contribution in [0.2, 0.25) is 0 Å². The molecule has 2 saturated heterocycles. The molecule has 0 aromatic rings. The Morgan fingerprint density at radius 1 is 1.00 bits per heavy atom. The van der Waals surface area contributed by atoms with Gasteiger partial charge in [0.25, 0.3) is 0 Å². The first-order valence-corrected chi connectivity index (χ1v) is 9.85. The highest BCUT2D eigenvalue weighted by atomic mass is 16.6. The summed E-state index contributed by atoms with van der Waals surface area (Å²) in [5.74, 6) is -1.83. The molecule has 8 heteroatoms. The zero-order chi connectivity index (χ0) is 19.9. The van der Waals surface area contributed by atoms with Crippen LogP contribution in [-0.4, -0.2) is 73.0 Å². The molecule has 2 aliphatic heterocycles. The summed E-state index contributed by atoms with van der Waals surface area (Å²) in [7, 11) is 0. The summed E-state index contributed by atoms with van der Waals surface area (Å²) in [6.07, 6.45) is 1.31. The standard InChI is InChI=1S/C19H32O8/c1-3-15(26-11-13-9-24-13)19(18(22)23,8-6-5-7-17(20)21)16(4-2)27-12-14-10-25-14/h13-16H,3-12H2,1-2H3,(H,20,21)(H,22,23). The molecular formula is C19H32O8. The Morgan fingerprint density at radius 3 is 1.81 bits per heavy atom. The second-order valence-corrected chi connectivity index (χ2v) is 7.32. The third-order valence-electron chi connectivity index (χ3n) is 5.29. The lowest BCUT2D eigenvalue weighted by atomic mass is 9.70. The topological polar surface area (TPSA) is 118 Å². The fraction of sp³-hybridized carbons (Fsp3) is 0.895. The van der Waals surface area contributed by atoms with E-state index in [0.29, 0.717) is 58.5 Å². The number of carboxylic acids is 2. The Balaban J connectivity index is 2.15. The Hall–Kier alpha value is -1.22. The van der Waals surface area contributed by atoms with E-state index < -0.39 is 29.6 Å². The Labute approximate surface area is 160 Å². The number of aliphatic carboxylic acids is 2. The SMILES string of the molecule is CCC(OCC1CO1)C(CCCCC(=O)O)(C(=O)O)C(CC)OCC1CO1. The van der Waals surface area contributed by atoms with E-state index in [9.17, 15) is 14.7 Å². The number of ether oxygens (including phenoxy) is 4. The second kappa shape index (κ2) is 10.4. The fourth-order valence-electron chi connectivity index (χ4n) is 3.64. The van der Waals surface area contributed by atoms with Gasteiger partial charge in [-0.05, 0) is 25.7 Å². The number of unbranched alkanes of at least 4 members (excludes halogenated alkanes) is 1. The van der Waals surface area contributed by atoms with Crippen molar-refractivity contribution in [2.45, 2.75) is 76.8 Å². The summed E-state index contributed by atoms with van der Waals surface area (Å²) in [6.45, 7) is 5.83. The number of epoxide rings is 2. The van der Waals surface area contributed by atoms with Crippen molar-refractivity contribution in [2.75, 3.05) is 26.4 Å². The summed E-state index contributed by atoms with van der Waals surface area (Å²) in [5.41, 5.74) is -1.23. The fourth-order valence-corrected chi connectivity index (χ4v) is 3.64. The van der Waals surface area contributed by atoms with Crippen LogP contribution in [0.1, 0.15) is 52.4 Å². The number of carbonyl (C=O) groups is 2. The minimum absolute atomic E-state index is 0.0246. The van der Waals surface area contributed by atoms with Gasteiger partial charge in [0.1, 0.15) is 17.6 Å². The maximum Gasteiger partial charge on any atom is 0.314 e. The monoisotopic (exact) mass is 388 g/mol. The molecular weight excluding hydrogens is 356 g/mol. The molecule has 0 spiro atoms. The van der Waals surface area contributed by atoms with Gasteiger partial charge in [-0.25, -0.2) is 0 Å². The van der Waals surface area contributed by atoms with Crippen molar-refractivity contribution < 1.29 is 38.7 Å². The van der Waals surface area contributed by atoms with E-state index in [4.69, 9.17) is 24.1 Å². The van der Waals surface area contributed by atoms with Gasteiger partial charge in [0.15, 0.2) is 0 Å². The summed E-state index contributed by atoms with van der Waals surface area (Å²) >= 11 is 0. The first-order chi connectivity index (χ1) is 12.9. The minimum atomic E-state index is -1.23. The normalized spacial score (nSPS) is 25.4. The molecule has 2 fully saturated rings. The van der Waals surface area contributed by atoms with E-state index in [-0.39, 0.29) is 18.6 Å². The van der Waals surface area contributed by atoms with E-state index in [0.717, 1.165) is 0 Å². The Kier molecular flexibility index (Phi) is 8.47. The third-order valence-corrected chi connectivity index (χ3v) is 5.29. The smallest absolute Gasteiger partial charge is 0.314 e. The third kappa shape index (κ3) is 6.41. The van der Waals surface area contributed by atoms with Crippen molar-refractivity contribution in [3.63, 3.8) is 0 Å². The molecule has 27 heavy (non-hydrogen) atoms. The molecule has 0 aromatic carbocycles. The van der Waals surface area contributed by atoms with Crippen molar-refractivity contribution in [1.82, 2.24) is 0 Å². The van der Waals surface area contributed by atoms with Crippen LogP contribution in [-0.2, 0) is 28.5 Å². The zero-order valence-corrected chi connectivity index (χ0v) is 16.2. The van der Waals surface area contributed by atoms with E-state index >= 15 is 0 Å². The molecule has 4 unspecified atom stereocenters. The van der Waals surface area contributed by atoms with Crippen LogP contribution < -0.4 is 0 Å². The van der Waals surface area contributed by atoms with Gasteiger partial charge >= 0.3 is 11.9 Å². The van der Waals surface area contributed by atoms with Gasteiger partial charge in [0, 0.05) is 6.42 Å². The van der Waals surface area contributed by atoms with Gasteiger partial charge in [0.05, 0.1) is 38.6 Å². The first-order valence-electron chi connectivity index (χ1n) is 9.85. The summed E-state index contributed by atoms with van der Waals surface area (Å²) in [6, 6.07) is 0. The first kappa shape index (κ1) is 22.1. The van der Waals surface area contributed by atoms with Gasteiger partial charge in [-0.3, -0.25) is 9.59 Å². The van der Waals surface area contributed by atoms with Crippen molar-refractivity contribution in [3.8, 4) is 0 Å². The van der Waals surface area contributed by atoms with Crippen LogP contribution in [0.4, 0.5) is 0 Å². The van der Waals surface area contributed by atoms with E-state index in [2.05, 4.69) is 0 Å². The predicted octanol–water partition coefficient (Wildman–Crippen LogP) is 2.09. The van der Waals surface area contributed by atoms with Crippen LogP contribution >= 0.6 is 0 Å². The maximum absolute atomic E-state index is 12.5. The maximum atomic E-state index is 12.5. The highest BCUT2D eigenvalue weighted by Crippen LogP contribution is 2.41. The number of carboxylic acid groups (broad SMARTS) is 2. The molecule has 2 N–H and O–H groups in total. The molecule has 0 bridgehead atoms. The molecule has 4 atom stereocenters. The quantitative estimate of drug-likeness (QED) is 0.305. The average Bonchev–Trinajstić information content (AvgIpc) is 3.52. The van der Waals surface area contributed by atoms with Crippen LogP contribution in [0.25, 0.3) is 0 Å². The zero-order valence-electron chi connectivity index (χ0n) is 16.2. The summed E-state index contributed by atoms with van der Waals surface area (Å²) in [5, 5.41) is 19.1. The molecule has 0 amide bonds. The highest BCUT2D eigenvalue weighted by Gasteiger charge is 2.52.